The second kappa shape index (κ2) is 10.4. The zero-order valence-corrected chi connectivity index (χ0v) is 20.1. The average molecular weight is 478 g/mol. The van der Waals surface area contributed by atoms with Crippen LogP contribution in [-0.4, -0.2) is 43.8 Å². The summed E-state index contributed by atoms with van der Waals surface area (Å²) in [5.74, 6) is 7.90. The molecule has 9 nitrogen and oxygen atoms in total. The van der Waals surface area contributed by atoms with E-state index in [2.05, 4.69) is 39.6 Å². The van der Waals surface area contributed by atoms with E-state index >= 15 is 0 Å². The molecular formula is C24H27N7O2S. The third kappa shape index (κ3) is 5.23. The second-order valence-corrected chi connectivity index (χ2v) is 8.78. The number of nitrogens with two attached hydrogens (primary N) is 1. The number of anilines is 1. The van der Waals surface area contributed by atoms with Gasteiger partial charge in [-0.1, -0.05) is 37.7 Å². The minimum Gasteiger partial charge on any atom is -0.497 e. The van der Waals surface area contributed by atoms with Crippen molar-refractivity contribution < 1.29 is 9.53 Å². The SMILES string of the molecule is CCC(C)c1ccc(NC(=O)CSc2nnc(-c3cc(-c4ccc(OC)cc4)n[nH]3)n2N)cc1. The molecule has 34 heavy (non-hydrogen) atoms. The molecule has 4 rings (SSSR count). The summed E-state index contributed by atoms with van der Waals surface area (Å²) in [5, 5.41) is 18.9. The maximum atomic E-state index is 12.4. The predicted molar refractivity (Wildman–Crippen MR) is 134 cm³/mol. The zero-order chi connectivity index (χ0) is 24.1. The highest BCUT2D eigenvalue weighted by Crippen LogP contribution is 2.26. The summed E-state index contributed by atoms with van der Waals surface area (Å²) < 4.78 is 6.54. The summed E-state index contributed by atoms with van der Waals surface area (Å²) in [6.45, 7) is 4.34. The van der Waals surface area contributed by atoms with Gasteiger partial charge < -0.3 is 15.9 Å². The monoisotopic (exact) mass is 477 g/mol. The number of carbonyl (C=O) groups excluding carboxylic acids is 1. The number of amides is 1. The fourth-order valence-electron chi connectivity index (χ4n) is 3.36. The molecule has 0 aliphatic rings. The van der Waals surface area contributed by atoms with Crippen molar-refractivity contribution in [2.24, 2.45) is 0 Å². The van der Waals surface area contributed by atoms with Gasteiger partial charge in [0, 0.05) is 11.3 Å². The van der Waals surface area contributed by atoms with Crippen LogP contribution in [0.3, 0.4) is 0 Å². The number of H-pyrrole nitrogens is 1. The van der Waals surface area contributed by atoms with Crippen molar-refractivity contribution >= 4 is 23.4 Å². The zero-order valence-electron chi connectivity index (χ0n) is 19.3. The number of carbonyl (C=O) groups is 1. The fraction of sp³-hybridized carbons (Fsp3) is 0.250. The summed E-state index contributed by atoms with van der Waals surface area (Å²) in [6.07, 6.45) is 1.07. The van der Waals surface area contributed by atoms with Crippen LogP contribution in [0.25, 0.3) is 22.8 Å². The Morgan fingerprint density at radius 3 is 2.59 bits per heavy atom. The highest BCUT2D eigenvalue weighted by Gasteiger charge is 2.16. The van der Waals surface area contributed by atoms with Crippen LogP contribution in [0.15, 0.2) is 59.8 Å². The van der Waals surface area contributed by atoms with Crippen molar-refractivity contribution in [3.05, 3.63) is 60.2 Å². The Kier molecular flexibility index (Phi) is 7.17. The summed E-state index contributed by atoms with van der Waals surface area (Å²) in [4.78, 5) is 12.4. The molecule has 1 amide bonds. The van der Waals surface area contributed by atoms with Crippen molar-refractivity contribution in [2.75, 3.05) is 24.0 Å². The van der Waals surface area contributed by atoms with Gasteiger partial charge >= 0.3 is 0 Å². The molecule has 4 N–H and O–H groups in total. The summed E-state index contributed by atoms with van der Waals surface area (Å²) in [5.41, 5.74) is 4.31. The lowest BCUT2D eigenvalue weighted by Gasteiger charge is -2.10. The number of methoxy groups -OCH3 is 1. The lowest BCUT2D eigenvalue weighted by Crippen LogP contribution is -2.16. The quantitative estimate of drug-likeness (QED) is 0.242. The number of nitrogens with zero attached hydrogens (tertiary/aromatic N) is 4. The van der Waals surface area contributed by atoms with Crippen molar-refractivity contribution in [3.8, 4) is 28.5 Å². The lowest BCUT2D eigenvalue weighted by atomic mass is 9.99. The molecule has 1 atom stereocenters. The first-order valence-corrected chi connectivity index (χ1v) is 11.9. The first-order valence-electron chi connectivity index (χ1n) is 10.9. The van der Waals surface area contributed by atoms with Crippen molar-refractivity contribution in [1.29, 1.82) is 0 Å². The second-order valence-electron chi connectivity index (χ2n) is 7.84. The van der Waals surface area contributed by atoms with E-state index in [0.717, 1.165) is 29.1 Å². The third-order valence-electron chi connectivity index (χ3n) is 5.58. The van der Waals surface area contributed by atoms with Crippen molar-refractivity contribution in [3.63, 3.8) is 0 Å². The molecule has 0 radical (unpaired) electrons. The van der Waals surface area contributed by atoms with Gasteiger partial charge in [-0.25, -0.2) is 4.68 Å². The van der Waals surface area contributed by atoms with Gasteiger partial charge in [-0.15, -0.1) is 10.2 Å². The van der Waals surface area contributed by atoms with E-state index in [1.165, 1.54) is 22.0 Å². The van der Waals surface area contributed by atoms with Crippen LogP contribution in [0.1, 0.15) is 31.7 Å². The molecule has 0 aliphatic carbocycles. The number of nitrogens with one attached hydrogen (secondary N) is 2. The topological polar surface area (TPSA) is 124 Å². The third-order valence-corrected chi connectivity index (χ3v) is 6.52. The van der Waals surface area contributed by atoms with Gasteiger partial charge in [0.25, 0.3) is 0 Å². The van der Waals surface area contributed by atoms with E-state index in [1.54, 1.807) is 7.11 Å². The van der Waals surface area contributed by atoms with E-state index in [9.17, 15) is 4.79 Å². The number of aromatic amines is 1. The van der Waals surface area contributed by atoms with Gasteiger partial charge in [-0.2, -0.15) is 5.10 Å². The van der Waals surface area contributed by atoms with Crippen LogP contribution < -0.4 is 15.9 Å². The first kappa shape index (κ1) is 23.4. The molecule has 0 saturated heterocycles. The van der Waals surface area contributed by atoms with Gasteiger partial charge in [0.15, 0.2) is 0 Å². The molecule has 0 aliphatic heterocycles. The van der Waals surface area contributed by atoms with Crippen LogP contribution in [0.4, 0.5) is 5.69 Å². The summed E-state index contributed by atoms with van der Waals surface area (Å²) >= 11 is 1.21. The van der Waals surface area contributed by atoms with Crippen LogP contribution in [-0.2, 0) is 4.79 Å². The smallest absolute Gasteiger partial charge is 0.234 e. The normalized spacial score (nSPS) is 11.9. The van der Waals surface area contributed by atoms with Crippen LogP contribution in [0.5, 0.6) is 5.75 Å². The molecule has 2 aromatic heterocycles. The number of nitrogen functional groups attached to an aromatic ring is 1. The van der Waals surface area contributed by atoms with Crippen molar-refractivity contribution in [2.45, 2.75) is 31.3 Å². The summed E-state index contributed by atoms with van der Waals surface area (Å²) in [6, 6.07) is 17.4. The number of hydrogen-bond acceptors (Lipinski definition) is 7. The minimum absolute atomic E-state index is 0.144. The maximum Gasteiger partial charge on any atom is 0.234 e. The number of hydrogen-bond donors (Lipinski definition) is 3. The minimum atomic E-state index is -0.144. The molecule has 0 fully saturated rings. The summed E-state index contributed by atoms with van der Waals surface area (Å²) in [7, 11) is 1.63. The van der Waals surface area contributed by atoms with Gasteiger partial charge in [0.1, 0.15) is 11.4 Å². The standard InChI is InChI=1S/C24H27N7O2S/c1-4-15(2)16-5-9-18(10-6-16)26-22(32)14-34-24-30-29-23(31(24)25)21-13-20(27-28-21)17-7-11-19(33-3)12-8-17/h5-13,15H,4,14,25H2,1-3H3,(H,26,32)(H,27,28). The van der Waals surface area contributed by atoms with Gasteiger partial charge in [-0.3, -0.25) is 9.89 Å². The molecule has 0 bridgehead atoms. The number of benzene rings is 2. The largest absolute Gasteiger partial charge is 0.497 e. The molecule has 1 unspecified atom stereocenters. The molecule has 0 spiro atoms. The number of rotatable bonds is 9. The Morgan fingerprint density at radius 2 is 1.91 bits per heavy atom. The van der Waals surface area contributed by atoms with Crippen LogP contribution in [0, 0.1) is 0 Å². The Bertz CT molecular complexity index is 1250. The number of ether oxygens (including phenoxy) is 1. The predicted octanol–water partition coefficient (Wildman–Crippen LogP) is 4.30. The van der Waals surface area contributed by atoms with Gasteiger partial charge in [0.05, 0.1) is 18.6 Å². The highest BCUT2D eigenvalue weighted by molar-refractivity contribution is 7.99. The van der Waals surface area contributed by atoms with E-state index in [1.807, 2.05) is 54.6 Å². The molecule has 10 heteroatoms. The van der Waals surface area contributed by atoms with E-state index in [4.69, 9.17) is 10.6 Å². The van der Waals surface area contributed by atoms with Gasteiger partial charge in [-0.05, 0) is 60.4 Å². The van der Waals surface area contributed by atoms with E-state index in [0.29, 0.717) is 22.6 Å². The molecule has 2 heterocycles. The highest BCUT2D eigenvalue weighted by atomic mass is 32.2. The van der Waals surface area contributed by atoms with Crippen LogP contribution in [0.2, 0.25) is 0 Å². The average Bonchev–Trinajstić information content (AvgIpc) is 3.49. The molecule has 0 saturated carbocycles. The van der Waals surface area contributed by atoms with E-state index in [-0.39, 0.29) is 11.7 Å². The molecule has 176 valence electrons. The number of thioether (sulfide) groups is 1. The Morgan fingerprint density at radius 1 is 1.18 bits per heavy atom. The number of aromatic nitrogens is 5. The van der Waals surface area contributed by atoms with Gasteiger partial charge in [0.2, 0.25) is 16.9 Å². The molecular weight excluding hydrogens is 450 g/mol. The molecule has 2 aromatic carbocycles. The lowest BCUT2D eigenvalue weighted by molar-refractivity contribution is -0.113. The molecule has 4 aromatic rings. The van der Waals surface area contributed by atoms with E-state index < -0.39 is 0 Å². The Balaban J connectivity index is 1.37. The maximum absolute atomic E-state index is 12.4. The first-order chi connectivity index (χ1) is 16.5. The van der Waals surface area contributed by atoms with Crippen molar-refractivity contribution in [1.82, 2.24) is 25.1 Å². The fourth-order valence-corrected chi connectivity index (χ4v) is 4.02. The Hall–Kier alpha value is -3.79. The van der Waals surface area contributed by atoms with Crippen LogP contribution >= 0.6 is 11.8 Å². The Labute approximate surface area is 202 Å².